The SMILES string of the molecule is FCCN1CCC(C2CCNCC2)CC1. The normalized spacial score (nSPS) is 27.0. The molecule has 2 heterocycles. The highest BCUT2D eigenvalue weighted by Gasteiger charge is 2.27. The van der Waals surface area contributed by atoms with Crippen molar-refractivity contribution in [1.82, 2.24) is 10.2 Å². The van der Waals surface area contributed by atoms with Gasteiger partial charge in [0.25, 0.3) is 0 Å². The van der Waals surface area contributed by atoms with Gasteiger partial charge in [0.05, 0.1) is 0 Å². The van der Waals surface area contributed by atoms with Crippen LogP contribution in [0.2, 0.25) is 0 Å². The quantitative estimate of drug-likeness (QED) is 0.769. The molecule has 0 aliphatic carbocycles. The molecule has 0 aromatic rings. The number of likely N-dealkylation sites (tertiary alicyclic amines) is 1. The van der Waals surface area contributed by atoms with E-state index in [0.29, 0.717) is 6.54 Å². The van der Waals surface area contributed by atoms with E-state index in [4.69, 9.17) is 0 Å². The summed E-state index contributed by atoms with van der Waals surface area (Å²) in [7, 11) is 0. The Bertz CT molecular complexity index is 172. The fraction of sp³-hybridized carbons (Fsp3) is 1.00. The number of nitrogens with one attached hydrogen (secondary N) is 1. The molecule has 3 heteroatoms. The van der Waals surface area contributed by atoms with Gasteiger partial charge in [0.15, 0.2) is 0 Å². The lowest BCUT2D eigenvalue weighted by atomic mass is 9.79. The molecule has 1 N–H and O–H groups in total. The number of rotatable bonds is 3. The van der Waals surface area contributed by atoms with Crippen LogP contribution in [0, 0.1) is 11.8 Å². The first-order valence-electron chi connectivity index (χ1n) is 6.39. The third-order valence-electron chi connectivity index (χ3n) is 4.08. The summed E-state index contributed by atoms with van der Waals surface area (Å²) in [5, 5.41) is 3.42. The Morgan fingerprint density at radius 1 is 1.00 bits per heavy atom. The summed E-state index contributed by atoms with van der Waals surface area (Å²) in [4.78, 5) is 2.28. The van der Waals surface area contributed by atoms with Crippen LogP contribution in [0.15, 0.2) is 0 Å². The standard InChI is InChI=1S/C12H23FN2/c13-5-10-15-8-3-12(4-9-15)11-1-6-14-7-2-11/h11-12,14H,1-10H2. The minimum absolute atomic E-state index is 0.183. The van der Waals surface area contributed by atoms with Crippen molar-refractivity contribution >= 4 is 0 Å². The molecular weight excluding hydrogens is 191 g/mol. The summed E-state index contributed by atoms with van der Waals surface area (Å²) >= 11 is 0. The molecule has 0 saturated carbocycles. The van der Waals surface area contributed by atoms with Crippen LogP contribution in [0.4, 0.5) is 4.39 Å². The van der Waals surface area contributed by atoms with Crippen molar-refractivity contribution in [2.24, 2.45) is 11.8 Å². The fourth-order valence-electron chi connectivity index (χ4n) is 3.08. The van der Waals surface area contributed by atoms with Crippen LogP contribution in [-0.4, -0.2) is 44.3 Å². The lowest BCUT2D eigenvalue weighted by molar-refractivity contribution is 0.125. The zero-order valence-electron chi connectivity index (χ0n) is 9.55. The first kappa shape index (κ1) is 11.3. The van der Waals surface area contributed by atoms with Crippen LogP contribution in [-0.2, 0) is 0 Å². The highest BCUT2D eigenvalue weighted by atomic mass is 19.1. The molecule has 15 heavy (non-hydrogen) atoms. The Hall–Kier alpha value is -0.150. The molecule has 0 aromatic carbocycles. The summed E-state index contributed by atoms with van der Waals surface area (Å²) in [6.07, 6.45) is 5.30. The van der Waals surface area contributed by atoms with Crippen LogP contribution in [0.3, 0.4) is 0 Å². The van der Waals surface area contributed by atoms with E-state index in [1.54, 1.807) is 0 Å². The summed E-state index contributed by atoms with van der Waals surface area (Å²) in [5.74, 6) is 1.86. The van der Waals surface area contributed by atoms with Crippen molar-refractivity contribution in [3.8, 4) is 0 Å². The average Bonchev–Trinajstić information content (AvgIpc) is 2.32. The summed E-state index contributed by atoms with van der Waals surface area (Å²) < 4.78 is 12.2. The van der Waals surface area contributed by atoms with Crippen LogP contribution in [0.5, 0.6) is 0 Å². The third kappa shape index (κ3) is 3.15. The second kappa shape index (κ2) is 5.80. The summed E-state index contributed by atoms with van der Waals surface area (Å²) in [5.41, 5.74) is 0. The van der Waals surface area contributed by atoms with Crippen molar-refractivity contribution in [2.75, 3.05) is 39.4 Å². The summed E-state index contributed by atoms with van der Waals surface area (Å²) in [6.45, 7) is 5.12. The number of hydrogen-bond donors (Lipinski definition) is 1. The summed E-state index contributed by atoms with van der Waals surface area (Å²) in [6, 6.07) is 0. The van der Waals surface area contributed by atoms with E-state index < -0.39 is 0 Å². The Balaban J connectivity index is 1.72. The van der Waals surface area contributed by atoms with E-state index in [9.17, 15) is 4.39 Å². The van der Waals surface area contributed by atoms with E-state index in [1.807, 2.05) is 0 Å². The van der Waals surface area contributed by atoms with Crippen LogP contribution in [0.1, 0.15) is 25.7 Å². The molecule has 0 spiro atoms. The smallest absolute Gasteiger partial charge is 0.102 e. The number of hydrogen-bond acceptors (Lipinski definition) is 2. The maximum Gasteiger partial charge on any atom is 0.102 e. The molecule has 0 bridgehead atoms. The number of nitrogens with zero attached hydrogens (tertiary/aromatic N) is 1. The maximum atomic E-state index is 12.2. The highest BCUT2D eigenvalue weighted by molar-refractivity contribution is 4.80. The van der Waals surface area contributed by atoms with Gasteiger partial charge in [0.2, 0.25) is 0 Å². The van der Waals surface area contributed by atoms with E-state index in [-0.39, 0.29) is 6.67 Å². The second-order valence-electron chi connectivity index (χ2n) is 4.96. The molecule has 0 radical (unpaired) electrons. The number of alkyl halides is 1. The molecule has 2 aliphatic rings. The van der Waals surface area contributed by atoms with E-state index in [1.165, 1.54) is 38.8 Å². The van der Waals surface area contributed by atoms with E-state index >= 15 is 0 Å². The minimum atomic E-state index is -0.183. The van der Waals surface area contributed by atoms with Gasteiger partial charge in [-0.2, -0.15) is 0 Å². The van der Waals surface area contributed by atoms with Crippen molar-refractivity contribution in [2.45, 2.75) is 25.7 Å². The lowest BCUT2D eigenvalue weighted by Crippen LogP contribution is -2.40. The first-order valence-corrected chi connectivity index (χ1v) is 6.39. The third-order valence-corrected chi connectivity index (χ3v) is 4.08. The topological polar surface area (TPSA) is 15.3 Å². The molecule has 0 amide bonds. The predicted octanol–water partition coefficient (Wildman–Crippen LogP) is 1.67. The molecule has 2 nitrogen and oxygen atoms in total. The van der Waals surface area contributed by atoms with Crippen molar-refractivity contribution in [3.63, 3.8) is 0 Å². The predicted molar refractivity (Wildman–Crippen MR) is 60.7 cm³/mol. The van der Waals surface area contributed by atoms with E-state index in [2.05, 4.69) is 10.2 Å². The zero-order chi connectivity index (χ0) is 10.5. The molecular formula is C12H23FN2. The zero-order valence-corrected chi connectivity index (χ0v) is 9.55. The molecule has 0 aromatic heterocycles. The number of piperidine rings is 2. The molecule has 2 saturated heterocycles. The minimum Gasteiger partial charge on any atom is -0.317 e. The van der Waals surface area contributed by atoms with Crippen LogP contribution >= 0.6 is 0 Å². The molecule has 0 atom stereocenters. The van der Waals surface area contributed by atoms with Gasteiger partial charge in [-0.3, -0.25) is 0 Å². The van der Waals surface area contributed by atoms with Gasteiger partial charge in [0, 0.05) is 6.54 Å². The Morgan fingerprint density at radius 3 is 2.20 bits per heavy atom. The Kier molecular flexibility index (Phi) is 4.39. The van der Waals surface area contributed by atoms with Crippen molar-refractivity contribution in [1.29, 1.82) is 0 Å². The molecule has 2 fully saturated rings. The monoisotopic (exact) mass is 214 g/mol. The maximum absolute atomic E-state index is 12.2. The van der Waals surface area contributed by atoms with Gasteiger partial charge >= 0.3 is 0 Å². The fourth-order valence-corrected chi connectivity index (χ4v) is 3.08. The first-order chi connectivity index (χ1) is 7.40. The van der Waals surface area contributed by atoms with Gasteiger partial charge in [-0.15, -0.1) is 0 Å². The largest absolute Gasteiger partial charge is 0.317 e. The molecule has 2 aliphatic heterocycles. The van der Waals surface area contributed by atoms with Crippen LogP contribution in [0.25, 0.3) is 0 Å². The molecule has 88 valence electrons. The molecule has 2 rings (SSSR count). The van der Waals surface area contributed by atoms with Crippen LogP contribution < -0.4 is 5.32 Å². The van der Waals surface area contributed by atoms with E-state index in [0.717, 1.165) is 24.9 Å². The van der Waals surface area contributed by atoms with Gasteiger partial charge in [-0.05, 0) is 63.7 Å². The Morgan fingerprint density at radius 2 is 1.60 bits per heavy atom. The average molecular weight is 214 g/mol. The number of halogens is 1. The van der Waals surface area contributed by atoms with Crippen molar-refractivity contribution < 1.29 is 4.39 Å². The molecule has 0 unspecified atom stereocenters. The lowest BCUT2D eigenvalue weighted by Gasteiger charge is -2.37. The van der Waals surface area contributed by atoms with Crippen molar-refractivity contribution in [3.05, 3.63) is 0 Å². The van der Waals surface area contributed by atoms with Gasteiger partial charge in [0.1, 0.15) is 6.67 Å². The van der Waals surface area contributed by atoms with Gasteiger partial charge < -0.3 is 10.2 Å². The Labute approximate surface area is 92.2 Å². The van der Waals surface area contributed by atoms with Gasteiger partial charge in [-0.1, -0.05) is 0 Å². The van der Waals surface area contributed by atoms with Gasteiger partial charge in [-0.25, -0.2) is 4.39 Å². The highest BCUT2D eigenvalue weighted by Crippen LogP contribution is 2.30. The second-order valence-corrected chi connectivity index (χ2v) is 4.96.